The van der Waals surface area contributed by atoms with Gasteiger partial charge < -0.3 is 15.7 Å². The lowest BCUT2D eigenvalue weighted by atomic mass is 10.1. The highest BCUT2D eigenvalue weighted by molar-refractivity contribution is 5.83. The molecular weight excluding hydrogens is 232 g/mol. The zero-order valence-corrected chi connectivity index (χ0v) is 9.93. The van der Waals surface area contributed by atoms with Crippen molar-refractivity contribution in [3.05, 3.63) is 35.9 Å². The van der Waals surface area contributed by atoms with Crippen LogP contribution < -0.4 is 10.6 Å². The Morgan fingerprint density at radius 3 is 2.56 bits per heavy atom. The summed E-state index contributed by atoms with van der Waals surface area (Å²) in [6.07, 6.45) is 0. The van der Waals surface area contributed by atoms with Crippen LogP contribution in [0.5, 0.6) is 0 Å². The van der Waals surface area contributed by atoms with Gasteiger partial charge in [0.2, 0.25) is 0 Å². The zero-order valence-electron chi connectivity index (χ0n) is 9.93. The molecule has 0 saturated carbocycles. The number of carboxylic acids is 1. The third-order valence-corrected chi connectivity index (χ3v) is 2.17. The average molecular weight is 246 g/mol. The van der Waals surface area contributed by atoms with E-state index in [1.54, 1.807) is 37.3 Å². The normalized spacial score (nSPS) is 10.7. The van der Waals surface area contributed by atoms with Crippen molar-refractivity contribution in [1.29, 1.82) is 0 Å². The van der Waals surface area contributed by atoms with Crippen LogP contribution in [0, 0.1) is 11.8 Å². The van der Waals surface area contributed by atoms with E-state index in [9.17, 15) is 9.59 Å². The summed E-state index contributed by atoms with van der Waals surface area (Å²) >= 11 is 0. The molecular formula is C13H14N2O3. The molecule has 0 radical (unpaired) electrons. The molecule has 5 heteroatoms. The van der Waals surface area contributed by atoms with E-state index in [1.165, 1.54) is 0 Å². The van der Waals surface area contributed by atoms with Crippen molar-refractivity contribution < 1.29 is 14.7 Å². The molecule has 0 spiro atoms. The summed E-state index contributed by atoms with van der Waals surface area (Å²) in [6, 6.07) is 6.87. The van der Waals surface area contributed by atoms with Crippen molar-refractivity contribution in [3.8, 4) is 11.8 Å². The highest BCUT2D eigenvalue weighted by Crippen LogP contribution is 2.12. The van der Waals surface area contributed by atoms with Crippen molar-refractivity contribution >= 4 is 12.0 Å². The first-order chi connectivity index (χ1) is 8.65. The number of benzene rings is 1. The number of amides is 2. The number of carbonyl (C=O) groups excluding carboxylic acids is 1. The molecule has 0 heterocycles. The van der Waals surface area contributed by atoms with Gasteiger partial charge in [0.1, 0.15) is 0 Å². The molecule has 0 aromatic heterocycles. The summed E-state index contributed by atoms with van der Waals surface area (Å²) in [5, 5.41) is 13.9. The summed E-state index contributed by atoms with van der Waals surface area (Å²) in [5.41, 5.74) is 0.515. The predicted molar refractivity (Wildman–Crippen MR) is 66.8 cm³/mol. The highest BCUT2D eigenvalue weighted by Gasteiger charge is 2.21. The molecule has 0 saturated heterocycles. The minimum Gasteiger partial charge on any atom is -0.479 e. The van der Waals surface area contributed by atoms with Gasteiger partial charge in [-0.1, -0.05) is 36.3 Å². The Labute approximate surface area is 105 Å². The zero-order chi connectivity index (χ0) is 13.4. The Hall–Kier alpha value is -2.48. The van der Waals surface area contributed by atoms with Crippen LogP contribution >= 0.6 is 0 Å². The lowest BCUT2D eigenvalue weighted by Gasteiger charge is -2.14. The maximum absolute atomic E-state index is 11.5. The van der Waals surface area contributed by atoms with Gasteiger partial charge in [0.15, 0.2) is 6.04 Å². The molecule has 1 aromatic carbocycles. The smallest absolute Gasteiger partial charge is 0.330 e. The van der Waals surface area contributed by atoms with Gasteiger partial charge in [0.25, 0.3) is 0 Å². The van der Waals surface area contributed by atoms with Crippen molar-refractivity contribution in [2.75, 3.05) is 6.54 Å². The van der Waals surface area contributed by atoms with Gasteiger partial charge in [-0.15, -0.1) is 5.92 Å². The summed E-state index contributed by atoms with van der Waals surface area (Å²) in [6.45, 7) is 1.84. The van der Waals surface area contributed by atoms with E-state index in [2.05, 4.69) is 22.5 Å². The lowest BCUT2D eigenvalue weighted by molar-refractivity contribution is -0.139. The van der Waals surface area contributed by atoms with E-state index in [4.69, 9.17) is 5.11 Å². The number of hydrogen-bond donors (Lipinski definition) is 3. The van der Waals surface area contributed by atoms with E-state index < -0.39 is 18.0 Å². The van der Waals surface area contributed by atoms with Gasteiger partial charge in [-0.25, -0.2) is 9.59 Å². The second-order valence-corrected chi connectivity index (χ2v) is 3.44. The van der Waals surface area contributed by atoms with E-state index in [-0.39, 0.29) is 6.54 Å². The van der Waals surface area contributed by atoms with Crippen LogP contribution in [-0.4, -0.2) is 23.7 Å². The summed E-state index contributed by atoms with van der Waals surface area (Å²) in [4.78, 5) is 22.5. The average Bonchev–Trinajstić information content (AvgIpc) is 2.37. The van der Waals surface area contributed by atoms with Crippen molar-refractivity contribution in [3.63, 3.8) is 0 Å². The van der Waals surface area contributed by atoms with E-state index in [0.717, 1.165) is 0 Å². The Morgan fingerprint density at radius 1 is 1.33 bits per heavy atom. The molecule has 1 rings (SSSR count). The number of carbonyl (C=O) groups is 2. The van der Waals surface area contributed by atoms with E-state index in [0.29, 0.717) is 5.56 Å². The number of aliphatic carboxylic acids is 1. The van der Waals surface area contributed by atoms with Crippen LogP contribution in [0.15, 0.2) is 30.3 Å². The third-order valence-electron chi connectivity index (χ3n) is 2.17. The highest BCUT2D eigenvalue weighted by atomic mass is 16.4. The number of urea groups is 1. The van der Waals surface area contributed by atoms with Crippen LogP contribution in [0.2, 0.25) is 0 Å². The van der Waals surface area contributed by atoms with Gasteiger partial charge in [-0.3, -0.25) is 0 Å². The van der Waals surface area contributed by atoms with Crippen molar-refractivity contribution in [2.45, 2.75) is 13.0 Å². The lowest BCUT2D eigenvalue weighted by Crippen LogP contribution is -2.41. The van der Waals surface area contributed by atoms with Gasteiger partial charge >= 0.3 is 12.0 Å². The SMILES string of the molecule is CC#CCNC(=O)NC(C(=O)O)c1ccccc1. The number of rotatable bonds is 4. The summed E-state index contributed by atoms with van der Waals surface area (Å²) in [5.74, 6) is 4.16. The van der Waals surface area contributed by atoms with Gasteiger partial charge in [0.05, 0.1) is 6.54 Å². The number of hydrogen-bond acceptors (Lipinski definition) is 2. The van der Waals surface area contributed by atoms with Crippen LogP contribution in [0.4, 0.5) is 4.79 Å². The Kier molecular flexibility index (Phi) is 5.26. The van der Waals surface area contributed by atoms with Gasteiger partial charge in [-0.05, 0) is 12.5 Å². The third kappa shape index (κ3) is 4.18. The molecule has 1 unspecified atom stereocenters. The molecule has 1 atom stereocenters. The number of nitrogens with one attached hydrogen (secondary N) is 2. The Morgan fingerprint density at radius 2 is 2.00 bits per heavy atom. The predicted octanol–water partition coefficient (Wildman–Crippen LogP) is 1.13. The molecule has 3 N–H and O–H groups in total. The minimum absolute atomic E-state index is 0.184. The van der Waals surface area contributed by atoms with Crippen LogP contribution in [0.25, 0.3) is 0 Å². The fourth-order valence-corrected chi connectivity index (χ4v) is 1.33. The Bertz CT molecular complexity index is 474. The first kappa shape index (κ1) is 13.6. The molecule has 94 valence electrons. The number of carboxylic acid groups (broad SMARTS) is 1. The monoisotopic (exact) mass is 246 g/mol. The van der Waals surface area contributed by atoms with Crippen molar-refractivity contribution in [2.24, 2.45) is 0 Å². The molecule has 0 aliphatic carbocycles. The molecule has 0 fully saturated rings. The minimum atomic E-state index is -1.11. The van der Waals surface area contributed by atoms with Crippen LogP contribution in [0.3, 0.4) is 0 Å². The van der Waals surface area contributed by atoms with Gasteiger partial charge in [0, 0.05) is 0 Å². The van der Waals surface area contributed by atoms with E-state index in [1.807, 2.05) is 0 Å². The van der Waals surface area contributed by atoms with E-state index >= 15 is 0 Å². The van der Waals surface area contributed by atoms with Crippen molar-refractivity contribution in [1.82, 2.24) is 10.6 Å². The van der Waals surface area contributed by atoms with Crippen LogP contribution in [-0.2, 0) is 4.79 Å². The maximum Gasteiger partial charge on any atom is 0.330 e. The maximum atomic E-state index is 11.5. The summed E-state index contributed by atoms with van der Waals surface area (Å²) < 4.78 is 0. The summed E-state index contributed by atoms with van der Waals surface area (Å²) in [7, 11) is 0. The first-order valence-electron chi connectivity index (χ1n) is 5.37. The molecule has 18 heavy (non-hydrogen) atoms. The quantitative estimate of drug-likeness (QED) is 0.697. The fraction of sp³-hybridized carbons (Fsp3) is 0.231. The molecule has 5 nitrogen and oxygen atoms in total. The molecule has 0 aliphatic rings. The van der Waals surface area contributed by atoms with Crippen LogP contribution in [0.1, 0.15) is 18.5 Å². The largest absolute Gasteiger partial charge is 0.479 e. The molecule has 0 bridgehead atoms. The Balaban J connectivity index is 2.66. The molecule has 2 amide bonds. The molecule has 0 aliphatic heterocycles. The molecule has 1 aromatic rings. The fourth-order valence-electron chi connectivity index (χ4n) is 1.33. The van der Waals surface area contributed by atoms with Gasteiger partial charge in [-0.2, -0.15) is 0 Å². The topological polar surface area (TPSA) is 78.4 Å². The second-order valence-electron chi connectivity index (χ2n) is 3.44. The second kappa shape index (κ2) is 6.97. The standard InChI is InChI=1S/C13H14N2O3/c1-2-3-9-14-13(18)15-11(12(16)17)10-7-5-4-6-8-10/h4-8,11H,9H2,1H3,(H,16,17)(H2,14,15,18). The first-order valence-corrected chi connectivity index (χ1v) is 5.37.